The predicted octanol–water partition coefficient (Wildman–Crippen LogP) is 2.82. The van der Waals surface area contributed by atoms with Crippen LogP contribution in [0, 0.1) is 12.7 Å². The number of rotatable bonds is 6. The first kappa shape index (κ1) is 13.1. The van der Waals surface area contributed by atoms with Crippen LogP contribution >= 0.6 is 0 Å². The summed E-state index contributed by atoms with van der Waals surface area (Å²) < 4.78 is 19.0. The molecule has 1 aromatic rings. The van der Waals surface area contributed by atoms with Gasteiger partial charge in [-0.1, -0.05) is 24.6 Å². The Morgan fingerprint density at radius 2 is 2.12 bits per heavy atom. The van der Waals surface area contributed by atoms with Crippen molar-refractivity contribution in [3.8, 4) is 0 Å². The zero-order valence-electron chi connectivity index (χ0n) is 10.2. The number of nitrogens with one attached hydrogen (secondary N) is 1. The van der Waals surface area contributed by atoms with Crippen LogP contribution in [0.1, 0.15) is 31.0 Å². The third-order valence-corrected chi connectivity index (χ3v) is 2.47. The molecule has 16 heavy (non-hydrogen) atoms. The molecule has 0 aliphatic heterocycles. The van der Waals surface area contributed by atoms with Gasteiger partial charge in [0.2, 0.25) is 0 Å². The van der Waals surface area contributed by atoms with E-state index in [1.807, 2.05) is 26.8 Å². The molecule has 0 heterocycles. The van der Waals surface area contributed by atoms with Gasteiger partial charge in [-0.05, 0) is 26.5 Å². The lowest BCUT2D eigenvalue weighted by Crippen LogP contribution is -2.26. The topological polar surface area (TPSA) is 21.3 Å². The summed E-state index contributed by atoms with van der Waals surface area (Å²) in [7, 11) is 0. The normalized spacial score (nSPS) is 12.8. The Kier molecular flexibility index (Phi) is 5.43. The Labute approximate surface area is 96.8 Å². The molecule has 1 rings (SSSR count). The molecule has 3 heteroatoms. The molecule has 2 nitrogen and oxygen atoms in total. The Balaban J connectivity index is 2.85. The predicted molar refractivity (Wildman–Crippen MR) is 64.0 cm³/mol. The number of hydrogen-bond donors (Lipinski definition) is 1. The maximum absolute atomic E-state index is 13.7. The maximum atomic E-state index is 13.7. The van der Waals surface area contributed by atoms with Gasteiger partial charge >= 0.3 is 0 Å². The van der Waals surface area contributed by atoms with E-state index in [1.54, 1.807) is 6.07 Å². The minimum Gasteiger partial charge on any atom is -0.380 e. The molecule has 1 aromatic carbocycles. The molecule has 0 saturated heterocycles. The van der Waals surface area contributed by atoms with E-state index in [1.165, 1.54) is 6.07 Å². The highest BCUT2D eigenvalue weighted by molar-refractivity contribution is 5.27. The maximum Gasteiger partial charge on any atom is 0.128 e. The molecule has 90 valence electrons. The van der Waals surface area contributed by atoms with E-state index < -0.39 is 0 Å². The molecule has 1 N–H and O–H groups in total. The van der Waals surface area contributed by atoms with Crippen LogP contribution in [-0.2, 0) is 4.74 Å². The van der Waals surface area contributed by atoms with E-state index in [0.717, 1.165) is 12.1 Å². The van der Waals surface area contributed by atoms with Gasteiger partial charge in [-0.15, -0.1) is 0 Å². The average molecular weight is 225 g/mol. The van der Waals surface area contributed by atoms with E-state index in [0.29, 0.717) is 18.8 Å². The summed E-state index contributed by atoms with van der Waals surface area (Å²) in [6, 6.07) is 5.11. The lowest BCUT2D eigenvalue weighted by Gasteiger charge is -2.19. The van der Waals surface area contributed by atoms with Gasteiger partial charge in [0.05, 0.1) is 12.6 Å². The second kappa shape index (κ2) is 6.61. The second-order valence-corrected chi connectivity index (χ2v) is 3.79. The summed E-state index contributed by atoms with van der Waals surface area (Å²) in [6.45, 7) is 7.86. The first-order valence-corrected chi connectivity index (χ1v) is 5.76. The van der Waals surface area contributed by atoms with Gasteiger partial charge in [-0.25, -0.2) is 4.39 Å². The monoisotopic (exact) mass is 225 g/mol. The Morgan fingerprint density at radius 1 is 1.38 bits per heavy atom. The van der Waals surface area contributed by atoms with E-state index in [-0.39, 0.29) is 11.9 Å². The van der Waals surface area contributed by atoms with Gasteiger partial charge < -0.3 is 10.1 Å². The molecule has 0 spiro atoms. The largest absolute Gasteiger partial charge is 0.380 e. The number of benzene rings is 1. The van der Waals surface area contributed by atoms with E-state index in [2.05, 4.69) is 5.32 Å². The number of ether oxygens (including phenoxy) is 1. The van der Waals surface area contributed by atoms with Crippen molar-refractivity contribution in [3.05, 3.63) is 35.1 Å². The van der Waals surface area contributed by atoms with E-state index in [9.17, 15) is 4.39 Å². The Morgan fingerprint density at radius 3 is 2.75 bits per heavy atom. The van der Waals surface area contributed by atoms with Crippen LogP contribution in [0.4, 0.5) is 4.39 Å². The lowest BCUT2D eigenvalue weighted by molar-refractivity contribution is 0.122. The number of hydrogen-bond acceptors (Lipinski definition) is 2. The molecule has 0 aromatic heterocycles. The first-order chi connectivity index (χ1) is 7.69. The van der Waals surface area contributed by atoms with Crippen molar-refractivity contribution < 1.29 is 9.13 Å². The van der Waals surface area contributed by atoms with Crippen LogP contribution in [0.2, 0.25) is 0 Å². The standard InChI is InChI=1S/C13H20FNO/c1-4-15-13(9-16-5-2)11-8-10(3)6-7-12(11)14/h6-8,13,15H,4-5,9H2,1-3H3. The molecule has 0 amide bonds. The van der Waals surface area contributed by atoms with Gasteiger partial charge in [0, 0.05) is 12.2 Å². The average Bonchev–Trinajstić information content (AvgIpc) is 2.28. The summed E-state index contributed by atoms with van der Waals surface area (Å²) in [5.74, 6) is -0.170. The van der Waals surface area contributed by atoms with Crippen molar-refractivity contribution in [1.82, 2.24) is 5.32 Å². The fraction of sp³-hybridized carbons (Fsp3) is 0.538. The highest BCUT2D eigenvalue weighted by atomic mass is 19.1. The van der Waals surface area contributed by atoms with Crippen LogP contribution in [0.25, 0.3) is 0 Å². The van der Waals surface area contributed by atoms with Crippen molar-refractivity contribution in [1.29, 1.82) is 0 Å². The van der Waals surface area contributed by atoms with Gasteiger partial charge in [0.25, 0.3) is 0 Å². The molecule has 1 unspecified atom stereocenters. The highest BCUT2D eigenvalue weighted by Gasteiger charge is 2.14. The third-order valence-electron chi connectivity index (χ3n) is 2.47. The zero-order valence-corrected chi connectivity index (χ0v) is 10.2. The molecule has 0 aliphatic carbocycles. The fourth-order valence-electron chi connectivity index (χ4n) is 1.67. The Bertz CT molecular complexity index is 328. The van der Waals surface area contributed by atoms with Gasteiger partial charge in [-0.3, -0.25) is 0 Å². The van der Waals surface area contributed by atoms with Crippen molar-refractivity contribution in [2.45, 2.75) is 26.8 Å². The number of likely N-dealkylation sites (N-methyl/N-ethyl adjacent to an activating group) is 1. The van der Waals surface area contributed by atoms with Gasteiger partial charge in [0.15, 0.2) is 0 Å². The molecular weight excluding hydrogens is 205 g/mol. The third kappa shape index (κ3) is 3.58. The molecule has 0 saturated carbocycles. The van der Waals surface area contributed by atoms with Crippen LogP contribution < -0.4 is 5.32 Å². The molecule has 1 atom stereocenters. The number of aryl methyl sites for hydroxylation is 1. The van der Waals surface area contributed by atoms with E-state index in [4.69, 9.17) is 4.74 Å². The van der Waals surface area contributed by atoms with Crippen molar-refractivity contribution in [2.75, 3.05) is 19.8 Å². The van der Waals surface area contributed by atoms with Crippen molar-refractivity contribution in [3.63, 3.8) is 0 Å². The fourth-order valence-corrected chi connectivity index (χ4v) is 1.67. The quantitative estimate of drug-likeness (QED) is 0.803. The first-order valence-electron chi connectivity index (χ1n) is 5.76. The highest BCUT2D eigenvalue weighted by Crippen LogP contribution is 2.19. The zero-order chi connectivity index (χ0) is 12.0. The van der Waals surface area contributed by atoms with Crippen molar-refractivity contribution in [2.24, 2.45) is 0 Å². The summed E-state index contributed by atoms with van der Waals surface area (Å²) in [5, 5.41) is 3.24. The summed E-state index contributed by atoms with van der Waals surface area (Å²) in [5.41, 5.74) is 1.76. The van der Waals surface area contributed by atoms with Gasteiger partial charge in [-0.2, -0.15) is 0 Å². The summed E-state index contributed by atoms with van der Waals surface area (Å²) in [4.78, 5) is 0. The van der Waals surface area contributed by atoms with Crippen LogP contribution in [-0.4, -0.2) is 19.8 Å². The smallest absolute Gasteiger partial charge is 0.128 e. The SMILES string of the molecule is CCNC(COCC)c1cc(C)ccc1F. The molecule has 0 fully saturated rings. The van der Waals surface area contributed by atoms with E-state index >= 15 is 0 Å². The molecular formula is C13H20FNO. The minimum atomic E-state index is -0.170. The Hall–Kier alpha value is -0.930. The molecule has 0 aliphatic rings. The number of halogens is 1. The molecule has 0 bridgehead atoms. The molecule has 0 radical (unpaired) electrons. The van der Waals surface area contributed by atoms with Crippen LogP contribution in [0.5, 0.6) is 0 Å². The van der Waals surface area contributed by atoms with Crippen LogP contribution in [0.15, 0.2) is 18.2 Å². The lowest BCUT2D eigenvalue weighted by atomic mass is 10.0. The van der Waals surface area contributed by atoms with Crippen molar-refractivity contribution >= 4 is 0 Å². The summed E-state index contributed by atoms with van der Waals surface area (Å²) >= 11 is 0. The summed E-state index contributed by atoms with van der Waals surface area (Å²) in [6.07, 6.45) is 0. The minimum absolute atomic E-state index is 0.0650. The van der Waals surface area contributed by atoms with Gasteiger partial charge in [0.1, 0.15) is 5.82 Å². The van der Waals surface area contributed by atoms with Crippen LogP contribution in [0.3, 0.4) is 0 Å². The second-order valence-electron chi connectivity index (χ2n) is 3.79.